The lowest BCUT2D eigenvalue weighted by atomic mass is 9.87. The monoisotopic (exact) mass is 702 g/mol. The molecular weight excluding hydrogens is 643 g/mol. The van der Waals surface area contributed by atoms with Gasteiger partial charge in [0.15, 0.2) is 0 Å². The van der Waals surface area contributed by atoms with Gasteiger partial charge >= 0.3 is 5.97 Å². The van der Waals surface area contributed by atoms with Crippen molar-refractivity contribution in [3.05, 3.63) is 70.3 Å². The van der Waals surface area contributed by atoms with E-state index in [0.717, 1.165) is 79.5 Å². The number of nitrogens with zero attached hydrogens (tertiary/aromatic N) is 2. The summed E-state index contributed by atoms with van der Waals surface area (Å²) in [5, 5.41) is 4.49. The molecule has 272 valence electrons. The summed E-state index contributed by atoms with van der Waals surface area (Å²) in [7, 11) is 0. The number of aromatic amines is 1. The minimum absolute atomic E-state index is 0.0610. The van der Waals surface area contributed by atoms with Gasteiger partial charge in [0.2, 0.25) is 12.3 Å². The molecule has 1 aliphatic heterocycles. The quantitative estimate of drug-likeness (QED) is 0.0532. The Morgan fingerprint density at radius 2 is 1.60 bits per heavy atom. The number of pyridine rings is 1. The van der Waals surface area contributed by atoms with E-state index in [1.54, 1.807) is 17.4 Å². The highest BCUT2D eigenvalue weighted by Gasteiger charge is 2.37. The summed E-state index contributed by atoms with van der Waals surface area (Å²) >= 11 is 1.79. The first-order valence-corrected chi connectivity index (χ1v) is 20.2. The number of esters is 1. The number of H-pyrrole nitrogens is 1. The average molecular weight is 703 g/mol. The number of benzene rings is 2. The van der Waals surface area contributed by atoms with Crippen LogP contribution in [0.15, 0.2) is 64.8 Å². The molecule has 50 heavy (non-hydrogen) atoms. The van der Waals surface area contributed by atoms with Crippen LogP contribution in [-0.4, -0.2) is 61.5 Å². The van der Waals surface area contributed by atoms with Crippen molar-refractivity contribution in [3.8, 4) is 5.75 Å². The standard InChI is InChI=1S/C42H59N3O4S/c1-4-5-6-7-8-9-10-11-12-13-24-42(2,3)41(47)49-33-45(28-25-44(26-29-45)38-17-16-18-39-36(38)23-31-50-39)27-14-15-30-48-35-21-19-34-20-22-40(46)43-37(34)32-35/h16-23,31-32H,4-15,24-30,33H2,1-3H3/p+1. The molecule has 1 fully saturated rings. The lowest BCUT2D eigenvalue weighted by Gasteiger charge is -2.45. The molecule has 1 N–H and O–H groups in total. The highest BCUT2D eigenvalue weighted by molar-refractivity contribution is 7.17. The van der Waals surface area contributed by atoms with Gasteiger partial charge in [-0.1, -0.05) is 77.2 Å². The number of nitrogens with one attached hydrogen (secondary N) is 1. The fourth-order valence-electron chi connectivity index (χ4n) is 7.31. The van der Waals surface area contributed by atoms with Crippen molar-refractivity contribution in [1.82, 2.24) is 4.98 Å². The Bertz CT molecular complexity index is 1690. The van der Waals surface area contributed by atoms with Crippen LogP contribution in [-0.2, 0) is 9.53 Å². The van der Waals surface area contributed by atoms with E-state index >= 15 is 0 Å². The van der Waals surface area contributed by atoms with E-state index in [2.05, 4.69) is 60.3 Å². The van der Waals surface area contributed by atoms with Gasteiger partial charge in [0.25, 0.3) is 0 Å². The molecule has 4 aromatic rings. The van der Waals surface area contributed by atoms with Crippen LogP contribution < -0.4 is 15.2 Å². The van der Waals surface area contributed by atoms with Crippen LogP contribution in [0.2, 0.25) is 0 Å². The van der Waals surface area contributed by atoms with Crippen molar-refractivity contribution in [2.75, 3.05) is 51.0 Å². The van der Waals surface area contributed by atoms with Crippen LogP contribution in [0.1, 0.15) is 104 Å². The third-order valence-corrected chi connectivity index (χ3v) is 11.6. The lowest BCUT2D eigenvalue weighted by Crippen LogP contribution is -2.61. The first-order chi connectivity index (χ1) is 24.3. The SMILES string of the molecule is CCCCCCCCCCCCC(C)(C)C(=O)OC[N+]1(CCCCOc2ccc3ccc(=O)[nH]c3c2)CCN(c2cccc3sccc23)CC1. The molecule has 0 unspecified atom stereocenters. The normalized spacial score (nSPS) is 14.7. The van der Waals surface area contributed by atoms with Gasteiger partial charge in [-0.15, -0.1) is 11.3 Å². The molecule has 1 saturated heterocycles. The number of carbonyl (C=O) groups is 1. The Morgan fingerprint density at radius 1 is 0.880 bits per heavy atom. The fraction of sp³-hybridized carbons (Fsp3) is 0.571. The number of carbonyl (C=O) groups excluding carboxylic acids is 1. The second kappa shape index (κ2) is 18.8. The van der Waals surface area contributed by atoms with Gasteiger partial charge in [0.05, 0.1) is 50.3 Å². The highest BCUT2D eigenvalue weighted by atomic mass is 32.1. The Morgan fingerprint density at radius 3 is 2.36 bits per heavy atom. The number of hydrogen-bond donors (Lipinski definition) is 1. The zero-order valence-electron chi connectivity index (χ0n) is 30.9. The van der Waals surface area contributed by atoms with Gasteiger partial charge in [-0.05, 0) is 80.3 Å². The number of fused-ring (bicyclic) bond motifs is 2. The van der Waals surface area contributed by atoms with Crippen LogP contribution in [0.4, 0.5) is 5.69 Å². The number of unbranched alkanes of at least 4 members (excludes halogenated alkanes) is 10. The van der Waals surface area contributed by atoms with E-state index < -0.39 is 5.41 Å². The van der Waals surface area contributed by atoms with Gasteiger partial charge < -0.3 is 19.4 Å². The van der Waals surface area contributed by atoms with Crippen molar-refractivity contribution in [2.45, 2.75) is 104 Å². The van der Waals surface area contributed by atoms with Crippen molar-refractivity contribution in [1.29, 1.82) is 0 Å². The predicted octanol–water partition coefficient (Wildman–Crippen LogP) is 10.1. The van der Waals surface area contributed by atoms with Gasteiger partial charge in [-0.3, -0.25) is 14.1 Å². The molecule has 0 aliphatic carbocycles. The number of piperazine rings is 1. The number of anilines is 1. The molecule has 8 heteroatoms. The summed E-state index contributed by atoms with van der Waals surface area (Å²) in [6.07, 6.45) is 15.7. The highest BCUT2D eigenvalue weighted by Crippen LogP contribution is 2.33. The van der Waals surface area contributed by atoms with Gasteiger partial charge in [0.1, 0.15) is 5.75 Å². The van der Waals surface area contributed by atoms with Gasteiger partial charge in [-0.2, -0.15) is 0 Å². The minimum atomic E-state index is -0.474. The molecule has 0 radical (unpaired) electrons. The minimum Gasteiger partial charge on any atom is -0.494 e. The average Bonchev–Trinajstić information content (AvgIpc) is 3.61. The van der Waals surface area contributed by atoms with E-state index in [-0.39, 0.29) is 11.5 Å². The smallest absolute Gasteiger partial charge is 0.315 e. The van der Waals surface area contributed by atoms with Crippen molar-refractivity contribution in [2.24, 2.45) is 5.41 Å². The maximum absolute atomic E-state index is 13.5. The number of hydrogen-bond acceptors (Lipinski definition) is 6. The van der Waals surface area contributed by atoms with E-state index in [1.807, 2.05) is 24.3 Å². The van der Waals surface area contributed by atoms with Gasteiger partial charge in [-0.25, -0.2) is 0 Å². The Kier molecular flexibility index (Phi) is 14.2. The second-order valence-corrected chi connectivity index (χ2v) is 16.1. The van der Waals surface area contributed by atoms with Crippen LogP contribution in [0, 0.1) is 5.41 Å². The summed E-state index contributed by atoms with van der Waals surface area (Å²) in [4.78, 5) is 30.7. The van der Waals surface area contributed by atoms with Gasteiger partial charge in [0, 0.05) is 27.9 Å². The largest absolute Gasteiger partial charge is 0.494 e. The van der Waals surface area contributed by atoms with Crippen LogP contribution in [0.5, 0.6) is 5.75 Å². The number of aromatic nitrogens is 1. The third-order valence-electron chi connectivity index (χ3n) is 10.7. The summed E-state index contributed by atoms with van der Waals surface area (Å²) in [6.45, 7) is 12.1. The van der Waals surface area contributed by atoms with Crippen LogP contribution in [0.25, 0.3) is 21.0 Å². The van der Waals surface area contributed by atoms with Crippen molar-refractivity contribution < 1.29 is 18.8 Å². The molecule has 0 atom stereocenters. The van der Waals surface area contributed by atoms with E-state index in [4.69, 9.17) is 9.47 Å². The molecule has 2 aromatic heterocycles. The number of rotatable bonds is 21. The molecule has 0 bridgehead atoms. The Hall–Kier alpha value is -3.36. The van der Waals surface area contributed by atoms with Crippen molar-refractivity contribution >= 4 is 44.0 Å². The molecule has 0 saturated carbocycles. The zero-order valence-corrected chi connectivity index (χ0v) is 31.7. The lowest BCUT2D eigenvalue weighted by molar-refractivity contribution is -0.944. The summed E-state index contributed by atoms with van der Waals surface area (Å²) in [6, 6.07) is 18.0. The first-order valence-electron chi connectivity index (χ1n) is 19.3. The molecule has 1 aliphatic rings. The summed E-state index contributed by atoms with van der Waals surface area (Å²) in [5.41, 5.74) is 1.51. The van der Waals surface area contributed by atoms with E-state index in [9.17, 15) is 9.59 Å². The second-order valence-electron chi connectivity index (χ2n) is 15.1. The summed E-state index contributed by atoms with van der Waals surface area (Å²) in [5.74, 6) is 0.701. The van der Waals surface area contributed by atoms with Crippen LogP contribution >= 0.6 is 11.3 Å². The first kappa shape index (κ1) is 37.9. The van der Waals surface area contributed by atoms with E-state index in [1.165, 1.54) is 73.6 Å². The van der Waals surface area contributed by atoms with Crippen molar-refractivity contribution in [3.63, 3.8) is 0 Å². The zero-order chi connectivity index (χ0) is 35.2. The molecule has 5 rings (SSSR count). The molecular formula is C42H60N3O4S+. The Balaban J connectivity index is 1.11. The molecule has 3 heterocycles. The molecule has 0 amide bonds. The number of ether oxygens (including phenoxy) is 2. The summed E-state index contributed by atoms with van der Waals surface area (Å²) < 4.78 is 14.4. The molecule has 7 nitrogen and oxygen atoms in total. The number of thiophene rings is 1. The molecule has 2 aromatic carbocycles. The third kappa shape index (κ3) is 10.8. The topological polar surface area (TPSA) is 71.6 Å². The predicted molar refractivity (Wildman–Crippen MR) is 209 cm³/mol. The Labute approximate surface area is 303 Å². The maximum atomic E-state index is 13.5. The van der Waals surface area contributed by atoms with Crippen LogP contribution in [0.3, 0.4) is 0 Å². The maximum Gasteiger partial charge on any atom is 0.315 e. The fourth-order valence-corrected chi connectivity index (χ4v) is 8.11. The number of quaternary nitrogens is 1. The molecule has 0 spiro atoms. The van der Waals surface area contributed by atoms with E-state index in [0.29, 0.717) is 13.3 Å².